The van der Waals surface area contributed by atoms with Crippen molar-refractivity contribution in [2.24, 2.45) is 0 Å². The van der Waals surface area contributed by atoms with Crippen LogP contribution in [0.2, 0.25) is 26.2 Å². The molecule has 0 N–H and O–H groups in total. The Morgan fingerprint density at radius 1 is 0.516 bits per heavy atom. The third kappa shape index (κ3) is 3.64. The molecule has 0 saturated heterocycles. The van der Waals surface area contributed by atoms with Crippen LogP contribution in [0.25, 0.3) is 33.4 Å². The van der Waals surface area contributed by atoms with Crippen LogP contribution in [0.15, 0.2) is 84.9 Å². The Balaban J connectivity index is 1.71. The van der Waals surface area contributed by atoms with Crippen LogP contribution >= 0.6 is 0 Å². The fraction of sp³-hybridized carbons (Fsp3) is 0.172. The van der Waals surface area contributed by atoms with Crippen molar-refractivity contribution in [1.82, 2.24) is 0 Å². The molecule has 0 saturated carbocycles. The summed E-state index contributed by atoms with van der Waals surface area (Å²) < 4.78 is 0. The molecule has 0 amide bonds. The lowest BCUT2D eigenvalue weighted by molar-refractivity contribution is 1.26. The summed E-state index contributed by atoms with van der Waals surface area (Å²) in [4.78, 5) is 0. The zero-order valence-corrected chi connectivity index (χ0v) is 20.8. The molecule has 0 unspecified atom stereocenters. The van der Waals surface area contributed by atoms with Crippen molar-refractivity contribution in [1.29, 1.82) is 0 Å². The number of hydrogen-bond donors (Lipinski definition) is 0. The SMILES string of the molecule is C[Si](C)c1ccc(-c2ccc3c(c2-c2ccc([Si](C)C)cc2)Cc2ccccc2-3)cc1. The Morgan fingerprint density at radius 2 is 1.06 bits per heavy atom. The average Bonchev–Trinajstić information content (AvgIpc) is 3.17. The molecule has 0 fully saturated rings. The molecule has 0 heterocycles. The minimum absolute atomic E-state index is 0.427. The highest BCUT2D eigenvalue weighted by atomic mass is 28.3. The molecule has 5 rings (SSSR count). The molecule has 0 spiro atoms. The van der Waals surface area contributed by atoms with Crippen LogP contribution in [0.3, 0.4) is 0 Å². The zero-order chi connectivity index (χ0) is 21.5. The summed E-state index contributed by atoms with van der Waals surface area (Å²) >= 11 is 0. The quantitative estimate of drug-likeness (QED) is 0.284. The van der Waals surface area contributed by atoms with Crippen LogP contribution in [0.4, 0.5) is 0 Å². The van der Waals surface area contributed by atoms with E-state index in [1.54, 1.807) is 0 Å². The summed E-state index contributed by atoms with van der Waals surface area (Å²) in [6, 6.07) is 32.3. The molecule has 152 valence electrons. The molecule has 2 heteroatoms. The molecule has 1 aliphatic carbocycles. The van der Waals surface area contributed by atoms with Gasteiger partial charge >= 0.3 is 0 Å². The van der Waals surface area contributed by atoms with Gasteiger partial charge in [-0.1, -0.05) is 121 Å². The molecule has 1 aliphatic rings. The number of rotatable bonds is 4. The van der Waals surface area contributed by atoms with E-state index in [0.717, 1.165) is 6.42 Å². The zero-order valence-electron chi connectivity index (χ0n) is 18.8. The topological polar surface area (TPSA) is 0 Å². The predicted molar refractivity (Wildman–Crippen MR) is 140 cm³/mol. The van der Waals surface area contributed by atoms with E-state index >= 15 is 0 Å². The Bertz CT molecular complexity index is 1230. The highest BCUT2D eigenvalue weighted by Gasteiger charge is 2.24. The second-order valence-electron chi connectivity index (χ2n) is 9.00. The van der Waals surface area contributed by atoms with Crippen molar-refractivity contribution in [3.8, 4) is 33.4 Å². The maximum atomic E-state index is 2.36. The standard InChI is InChI=1S/C29H28Si2/c1-30(2)23-13-9-20(10-14-23)26-17-18-27-25-8-6-5-7-22(25)19-28(27)29(26)21-11-15-24(16-12-21)31(3)4/h5-18H,19H2,1-4H3. The van der Waals surface area contributed by atoms with Gasteiger partial charge in [0.2, 0.25) is 0 Å². The number of fused-ring (bicyclic) bond motifs is 3. The van der Waals surface area contributed by atoms with Crippen LogP contribution in [-0.2, 0) is 6.42 Å². The molecule has 31 heavy (non-hydrogen) atoms. The lowest BCUT2D eigenvalue weighted by Gasteiger charge is -2.17. The number of benzene rings is 4. The van der Waals surface area contributed by atoms with E-state index in [-0.39, 0.29) is 0 Å². The maximum Gasteiger partial charge on any atom is 0.0791 e. The first-order chi connectivity index (χ1) is 15.0. The van der Waals surface area contributed by atoms with Crippen molar-refractivity contribution in [3.05, 3.63) is 96.1 Å². The van der Waals surface area contributed by atoms with E-state index in [1.807, 2.05) is 0 Å². The van der Waals surface area contributed by atoms with Crippen LogP contribution in [0.5, 0.6) is 0 Å². The summed E-state index contributed by atoms with van der Waals surface area (Å²) in [5.41, 5.74) is 11.1. The van der Waals surface area contributed by atoms with Crippen LogP contribution < -0.4 is 10.4 Å². The summed E-state index contributed by atoms with van der Waals surface area (Å²) in [6.07, 6.45) is 1.02. The van der Waals surface area contributed by atoms with Crippen molar-refractivity contribution in [2.75, 3.05) is 0 Å². The lowest BCUT2D eigenvalue weighted by Crippen LogP contribution is -2.21. The lowest BCUT2D eigenvalue weighted by atomic mass is 9.88. The summed E-state index contributed by atoms with van der Waals surface area (Å²) in [5.74, 6) is 0. The van der Waals surface area contributed by atoms with Gasteiger partial charge in [-0.15, -0.1) is 0 Å². The third-order valence-electron chi connectivity index (χ3n) is 6.51. The molecule has 0 bridgehead atoms. The first kappa shape index (κ1) is 20.2. The first-order valence-corrected chi connectivity index (χ1v) is 16.1. The molecule has 0 nitrogen and oxygen atoms in total. The monoisotopic (exact) mass is 432 g/mol. The van der Waals surface area contributed by atoms with Gasteiger partial charge in [-0.3, -0.25) is 0 Å². The van der Waals surface area contributed by atoms with Gasteiger partial charge in [-0.05, 0) is 50.9 Å². The molecule has 0 atom stereocenters. The molecular weight excluding hydrogens is 404 g/mol. The Kier molecular flexibility index (Phi) is 5.29. The number of hydrogen-bond acceptors (Lipinski definition) is 0. The van der Waals surface area contributed by atoms with Gasteiger partial charge in [-0.25, -0.2) is 0 Å². The summed E-state index contributed by atoms with van der Waals surface area (Å²) in [6.45, 7) is 9.44. The average molecular weight is 433 g/mol. The Hall–Kier alpha value is -2.69. The second-order valence-corrected chi connectivity index (χ2v) is 14.2. The normalized spacial score (nSPS) is 12.3. The second kappa shape index (κ2) is 8.10. The van der Waals surface area contributed by atoms with E-state index in [0.29, 0.717) is 0 Å². The molecule has 2 radical (unpaired) electrons. The fourth-order valence-corrected chi connectivity index (χ4v) is 6.40. The highest BCUT2D eigenvalue weighted by molar-refractivity contribution is 6.71. The Labute approximate surface area is 189 Å². The van der Waals surface area contributed by atoms with Crippen molar-refractivity contribution in [2.45, 2.75) is 32.6 Å². The van der Waals surface area contributed by atoms with Gasteiger partial charge in [0, 0.05) is 0 Å². The van der Waals surface area contributed by atoms with Gasteiger partial charge in [0.15, 0.2) is 0 Å². The third-order valence-corrected chi connectivity index (χ3v) is 9.49. The molecular formula is C29H28Si2. The minimum atomic E-state index is -0.436. The van der Waals surface area contributed by atoms with E-state index in [4.69, 9.17) is 0 Å². The van der Waals surface area contributed by atoms with E-state index in [2.05, 4.69) is 111 Å². The van der Waals surface area contributed by atoms with Gasteiger partial charge in [0.1, 0.15) is 0 Å². The molecule has 4 aromatic rings. The molecule has 0 aromatic heterocycles. The highest BCUT2D eigenvalue weighted by Crippen LogP contribution is 2.45. The van der Waals surface area contributed by atoms with Crippen molar-refractivity contribution >= 4 is 28.0 Å². The van der Waals surface area contributed by atoms with E-state index in [9.17, 15) is 0 Å². The summed E-state index contributed by atoms with van der Waals surface area (Å²) in [5, 5.41) is 2.99. The smallest absolute Gasteiger partial charge is 0.0671 e. The predicted octanol–water partition coefficient (Wildman–Crippen LogP) is 6.51. The first-order valence-electron chi connectivity index (χ1n) is 11.1. The van der Waals surface area contributed by atoms with Crippen LogP contribution in [-0.4, -0.2) is 17.6 Å². The van der Waals surface area contributed by atoms with Crippen molar-refractivity contribution in [3.63, 3.8) is 0 Å². The van der Waals surface area contributed by atoms with E-state index < -0.39 is 17.6 Å². The van der Waals surface area contributed by atoms with Gasteiger partial charge in [-0.2, -0.15) is 0 Å². The van der Waals surface area contributed by atoms with Crippen LogP contribution in [0.1, 0.15) is 11.1 Å². The van der Waals surface area contributed by atoms with Gasteiger partial charge in [0.25, 0.3) is 0 Å². The fourth-order valence-electron chi connectivity index (χ4n) is 4.74. The van der Waals surface area contributed by atoms with E-state index in [1.165, 1.54) is 54.9 Å². The minimum Gasteiger partial charge on any atom is -0.0671 e. The molecule has 4 aromatic carbocycles. The summed E-state index contributed by atoms with van der Waals surface area (Å²) in [7, 11) is -0.863. The van der Waals surface area contributed by atoms with Gasteiger partial charge in [0.05, 0.1) is 17.6 Å². The maximum absolute atomic E-state index is 2.36. The van der Waals surface area contributed by atoms with Gasteiger partial charge < -0.3 is 0 Å². The largest absolute Gasteiger partial charge is 0.0791 e. The van der Waals surface area contributed by atoms with Crippen LogP contribution in [0, 0.1) is 0 Å². The molecule has 0 aliphatic heterocycles. The Morgan fingerprint density at radius 3 is 1.68 bits per heavy atom. The van der Waals surface area contributed by atoms with Crippen molar-refractivity contribution < 1.29 is 0 Å².